The Morgan fingerprint density at radius 3 is 3.14 bits per heavy atom. The van der Waals surface area contributed by atoms with E-state index in [1.165, 1.54) is 0 Å². The molecule has 1 rings (SSSR count). The van der Waals surface area contributed by atoms with E-state index < -0.39 is 0 Å². The molecule has 1 aromatic heterocycles. The van der Waals surface area contributed by atoms with Gasteiger partial charge in [-0.05, 0) is 24.1 Å². The van der Waals surface area contributed by atoms with Crippen LogP contribution in [-0.2, 0) is 6.42 Å². The molecule has 1 heterocycles. The number of aryl methyl sites for hydroxylation is 1. The fourth-order valence-corrected chi connectivity index (χ4v) is 1.03. The van der Waals surface area contributed by atoms with E-state index in [1.54, 1.807) is 12.3 Å². The maximum absolute atomic E-state index is 11.3. The molecule has 0 atom stereocenters. The van der Waals surface area contributed by atoms with Crippen molar-refractivity contribution in [2.75, 3.05) is 6.54 Å². The number of rotatable bonds is 3. The fraction of sp³-hybridized carbons (Fsp3) is 0.300. The minimum absolute atomic E-state index is 0.0108. The molecule has 0 unspecified atom stereocenters. The molecule has 0 saturated heterocycles. The van der Waals surface area contributed by atoms with Crippen LogP contribution >= 0.6 is 0 Å². The summed E-state index contributed by atoms with van der Waals surface area (Å²) in [5, 5.41) is 10.7. The van der Waals surface area contributed by atoms with E-state index >= 15 is 0 Å². The first-order valence-corrected chi connectivity index (χ1v) is 4.38. The first-order valence-electron chi connectivity index (χ1n) is 4.38. The Hall–Kier alpha value is -1.89. The molecule has 0 aliphatic heterocycles. The summed E-state index contributed by atoms with van der Waals surface area (Å²) in [7, 11) is 0. The smallest absolute Gasteiger partial charge is 0.270 e. The second kappa shape index (κ2) is 4.97. The molecule has 0 fully saturated rings. The van der Waals surface area contributed by atoms with Gasteiger partial charge in [0.05, 0.1) is 6.07 Å². The lowest BCUT2D eigenvalue weighted by molar-refractivity contribution is 0.0953. The first kappa shape index (κ1) is 10.2. The highest BCUT2D eigenvalue weighted by Crippen LogP contribution is 2.02. The predicted molar refractivity (Wildman–Crippen MR) is 51.6 cm³/mol. The van der Waals surface area contributed by atoms with E-state index in [-0.39, 0.29) is 12.5 Å². The lowest BCUT2D eigenvalue weighted by Gasteiger charge is -2.01. The number of carbonyl (C=O) groups is 1. The van der Waals surface area contributed by atoms with Gasteiger partial charge in [0.15, 0.2) is 0 Å². The third kappa shape index (κ3) is 2.56. The van der Waals surface area contributed by atoms with E-state index in [4.69, 9.17) is 5.26 Å². The molecular formula is C10H11N3O. The van der Waals surface area contributed by atoms with Gasteiger partial charge in [-0.3, -0.25) is 9.78 Å². The number of hydrogen-bond acceptors (Lipinski definition) is 3. The zero-order valence-electron chi connectivity index (χ0n) is 7.95. The van der Waals surface area contributed by atoms with Gasteiger partial charge in [-0.25, -0.2) is 0 Å². The van der Waals surface area contributed by atoms with E-state index in [0.29, 0.717) is 5.69 Å². The summed E-state index contributed by atoms with van der Waals surface area (Å²) < 4.78 is 0. The summed E-state index contributed by atoms with van der Waals surface area (Å²) in [6.45, 7) is 2.02. The molecule has 0 spiro atoms. The molecule has 14 heavy (non-hydrogen) atoms. The zero-order valence-corrected chi connectivity index (χ0v) is 7.95. The third-order valence-corrected chi connectivity index (χ3v) is 1.79. The molecule has 72 valence electrons. The van der Waals surface area contributed by atoms with Gasteiger partial charge >= 0.3 is 0 Å². The summed E-state index contributed by atoms with van der Waals surface area (Å²) in [6.07, 6.45) is 2.46. The van der Waals surface area contributed by atoms with Gasteiger partial charge in [-0.15, -0.1) is 0 Å². The maximum Gasteiger partial charge on any atom is 0.270 e. The molecule has 0 aliphatic carbocycles. The van der Waals surface area contributed by atoms with Gasteiger partial charge in [0.2, 0.25) is 0 Å². The topological polar surface area (TPSA) is 65.8 Å². The summed E-state index contributed by atoms with van der Waals surface area (Å²) in [6, 6.07) is 5.43. The fourth-order valence-electron chi connectivity index (χ4n) is 1.03. The molecule has 1 amide bonds. The predicted octanol–water partition coefficient (Wildman–Crippen LogP) is 0.897. The molecule has 0 aromatic carbocycles. The van der Waals surface area contributed by atoms with Gasteiger partial charge in [0.1, 0.15) is 12.2 Å². The van der Waals surface area contributed by atoms with E-state index in [2.05, 4.69) is 10.3 Å². The van der Waals surface area contributed by atoms with Crippen molar-refractivity contribution in [2.24, 2.45) is 0 Å². The average molecular weight is 189 g/mol. The number of pyridine rings is 1. The molecule has 4 heteroatoms. The van der Waals surface area contributed by atoms with E-state index in [1.807, 2.05) is 19.1 Å². The van der Waals surface area contributed by atoms with Crippen molar-refractivity contribution < 1.29 is 4.79 Å². The van der Waals surface area contributed by atoms with Gasteiger partial charge in [-0.1, -0.05) is 6.92 Å². The molecule has 0 aliphatic rings. The van der Waals surface area contributed by atoms with Crippen LogP contribution in [0.4, 0.5) is 0 Å². The molecular weight excluding hydrogens is 178 g/mol. The molecule has 0 radical (unpaired) electrons. The third-order valence-electron chi connectivity index (χ3n) is 1.79. The number of nitrogens with zero attached hydrogens (tertiary/aromatic N) is 2. The van der Waals surface area contributed by atoms with Crippen LogP contribution in [0.15, 0.2) is 18.3 Å². The normalized spacial score (nSPS) is 9.14. The minimum Gasteiger partial charge on any atom is -0.338 e. The Kier molecular flexibility index (Phi) is 3.62. The number of amides is 1. The van der Waals surface area contributed by atoms with Crippen molar-refractivity contribution >= 4 is 5.91 Å². The standard InChI is InChI=1S/C10H11N3O/c1-2-8-3-5-12-9(7-8)10(14)13-6-4-11/h3,5,7H,2,6H2,1H3,(H,13,14). The number of nitriles is 1. The van der Waals surface area contributed by atoms with Crippen molar-refractivity contribution in [3.63, 3.8) is 0 Å². The van der Waals surface area contributed by atoms with Gasteiger partial charge in [-0.2, -0.15) is 5.26 Å². The van der Waals surface area contributed by atoms with Gasteiger partial charge < -0.3 is 5.32 Å². The Labute approximate surface area is 82.6 Å². The second-order valence-electron chi connectivity index (χ2n) is 2.74. The Morgan fingerprint density at radius 2 is 2.50 bits per heavy atom. The number of aromatic nitrogens is 1. The van der Waals surface area contributed by atoms with Crippen molar-refractivity contribution in [1.82, 2.24) is 10.3 Å². The monoisotopic (exact) mass is 189 g/mol. The SMILES string of the molecule is CCc1ccnc(C(=O)NCC#N)c1. The van der Waals surface area contributed by atoms with Gasteiger partial charge in [0, 0.05) is 6.20 Å². The van der Waals surface area contributed by atoms with E-state index in [9.17, 15) is 4.79 Å². The van der Waals surface area contributed by atoms with Crippen LogP contribution < -0.4 is 5.32 Å². The zero-order chi connectivity index (χ0) is 10.4. The van der Waals surface area contributed by atoms with Crippen LogP contribution in [0.1, 0.15) is 23.0 Å². The van der Waals surface area contributed by atoms with Crippen molar-refractivity contribution in [1.29, 1.82) is 5.26 Å². The summed E-state index contributed by atoms with van der Waals surface area (Å²) in [4.78, 5) is 15.3. The number of nitrogens with one attached hydrogen (secondary N) is 1. The van der Waals surface area contributed by atoms with Crippen LogP contribution in [0.25, 0.3) is 0 Å². The first-order chi connectivity index (χ1) is 6.77. The summed E-state index contributed by atoms with van der Waals surface area (Å²) in [5.74, 6) is -0.304. The summed E-state index contributed by atoms with van der Waals surface area (Å²) >= 11 is 0. The molecule has 1 aromatic rings. The Bertz CT molecular complexity index is 368. The lowest BCUT2D eigenvalue weighted by atomic mass is 10.2. The second-order valence-corrected chi connectivity index (χ2v) is 2.74. The largest absolute Gasteiger partial charge is 0.338 e. The molecule has 0 saturated carbocycles. The van der Waals surface area contributed by atoms with Crippen LogP contribution in [-0.4, -0.2) is 17.4 Å². The van der Waals surface area contributed by atoms with Gasteiger partial charge in [0.25, 0.3) is 5.91 Å². The van der Waals surface area contributed by atoms with Crippen molar-refractivity contribution in [3.8, 4) is 6.07 Å². The van der Waals surface area contributed by atoms with Crippen LogP contribution in [0.2, 0.25) is 0 Å². The maximum atomic E-state index is 11.3. The Morgan fingerprint density at radius 1 is 1.71 bits per heavy atom. The minimum atomic E-state index is -0.304. The highest BCUT2D eigenvalue weighted by Gasteiger charge is 2.05. The molecule has 4 nitrogen and oxygen atoms in total. The number of carbonyl (C=O) groups excluding carboxylic acids is 1. The van der Waals surface area contributed by atoms with E-state index in [0.717, 1.165) is 12.0 Å². The quantitative estimate of drug-likeness (QED) is 0.718. The average Bonchev–Trinajstić information content (AvgIpc) is 2.26. The Balaban J connectivity index is 2.75. The number of hydrogen-bond donors (Lipinski definition) is 1. The lowest BCUT2D eigenvalue weighted by Crippen LogP contribution is -2.24. The van der Waals surface area contributed by atoms with Crippen molar-refractivity contribution in [3.05, 3.63) is 29.6 Å². The van der Waals surface area contributed by atoms with Crippen LogP contribution in [0.5, 0.6) is 0 Å². The summed E-state index contributed by atoms with van der Waals surface area (Å²) in [5.41, 5.74) is 1.42. The highest BCUT2D eigenvalue weighted by atomic mass is 16.1. The molecule has 1 N–H and O–H groups in total. The van der Waals surface area contributed by atoms with Crippen LogP contribution in [0.3, 0.4) is 0 Å². The van der Waals surface area contributed by atoms with Crippen LogP contribution in [0, 0.1) is 11.3 Å². The van der Waals surface area contributed by atoms with Crippen molar-refractivity contribution in [2.45, 2.75) is 13.3 Å². The molecule has 0 bridgehead atoms. The highest BCUT2D eigenvalue weighted by molar-refractivity contribution is 5.92.